The van der Waals surface area contributed by atoms with E-state index in [1.165, 1.54) is 18.2 Å². The van der Waals surface area contributed by atoms with Crippen LogP contribution in [-0.2, 0) is 0 Å². The number of nitrogens with zero attached hydrogens (tertiary/aromatic N) is 1. The van der Waals surface area contributed by atoms with Gasteiger partial charge in [0.1, 0.15) is 0 Å². The lowest BCUT2D eigenvalue weighted by molar-refractivity contribution is -0.384. The van der Waals surface area contributed by atoms with E-state index < -0.39 is 4.92 Å². The molecule has 0 aliphatic heterocycles. The van der Waals surface area contributed by atoms with Gasteiger partial charge >= 0.3 is 0 Å². The third-order valence-corrected chi connectivity index (χ3v) is 2.20. The zero-order chi connectivity index (χ0) is 11.4. The number of Topliss-reactive ketones (excluding diaryl/α,β-unsaturated/α-hetero) is 1. The van der Waals surface area contributed by atoms with Gasteiger partial charge in [-0.3, -0.25) is 14.9 Å². The lowest BCUT2D eigenvalue weighted by Gasteiger charge is -2.03. The predicted octanol–water partition coefficient (Wildman–Crippen LogP) is 2.89. The Morgan fingerprint density at radius 1 is 1.47 bits per heavy atom. The van der Waals surface area contributed by atoms with Crippen LogP contribution in [0.2, 0.25) is 0 Å². The van der Waals surface area contributed by atoms with Crippen LogP contribution in [0.1, 0.15) is 35.7 Å². The molecule has 0 aromatic heterocycles. The first-order valence-corrected chi connectivity index (χ1v) is 4.84. The van der Waals surface area contributed by atoms with Gasteiger partial charge in [0.2, 0.25) is 0 Å². The van der Waals surface area contributed by atoms with Crippen molar-refractivity contribution in [3.05, 3.63) is 39.4 Å². The van der Waals surface area contributed by atoms with Gasteiger partial charge in [-0.15, -0.1) is 0 Å². The summed E-state index contributed by atoms with van der Waals surface area (Å²) in [6.45, 7) is 3.65. The van der Waals surface area contributed by atoms with Gasteiger partial charge in [0.05, 0.1) is 4.92 Å². The predicted molar refractivity (Wildman–Crippen MR) is 57.1 cm³/mol. The normalized spacial score (nSPS) is 10.0. The second kappa shape index (κ2) is 4.68. The van der Waals surface area contributed by atoms with Gasteiger partial charge in [-0.25, -0.2) is 0 Å². The van der Waals surface area contributed by atoms with Gasteiger partial charge in [-0.05, 0) is 25.0 Å². The van der Waals surface area contributed by atoms with Gasteiger partial charge in [0, 0.05) is 24.1 Å². The Bertz CT molecular complexity index is 399. The maximum absolute atomic E-state index is 11.6. The molecule has 0 unspecified atom stereocenters. The van der Waals surface area contributed by atoms with Crippen LogP contribution in [0.4, 0.5) is 5.69 Å². The van der Waals surface area contributed by atoms with Gasteiger partial charge in [0.25, 0.3) is 5.69 Å². The van der Waals surface area contributed by atoms with E-state index in [0.717, 1.165) is 6.42 Å². The molecule has 0 N–H and O–H groups in total. The van der Waals surface area contributed by atoms with Crippen molar-refractivity contribution in [2.24, 2.45) is 0 Å². The lowest BCUT2D eigenvalue weighted by Crippen LogP contribution is -2.01. The molecule has 0 heterocycles. The highest BCUT2D eigenvalue weighted by Crippen LogP contribution is 2.18. The Labute approximate surface area is 88.1 Å². The monoisotopic (exact) mass is 207 g/mol. The van der Waals surface area contributed by atoms with E-state index in [-0.39, 0.29) is 11.5 Å². The van der Waals surface area contributed by atoms with Crippen molar-refractivity contribution in [3.8, 4) is 0 Å². The number of hydrogen-bond acceptors (Lipinski definition) is 3. The van der Waals surface area contributed by atoms with Crippen molar-refractivity contribution in [3.63, 3.8) is 0 Å². The number of ketones is 1. The molecule has 1 rings (SSSR count). The maximum Gasteiger partial charge on any atom is 0.269 e. The minimum Gasteiger partial charge on any atom is -0.294 e. The number of nitro groups is 1. The molecule has 0 amide bonds. The third-order valence-electron chi connectivity index (χ3n) is 2.20. The van der Waals surface area contributed by atoms with Gasteiger partial charge in [-0.1, -0.05) is 6.92 Å². The van der Waals surface area contributed by atoms with Crippen LogP contribution in [0.3, 0.4) is 0 Å². The molecule has 0 saturated carbocycles. The van der Waals surface area contributed by atoms with E-state index >= 15 is 0 Å². The summed E-state index contributed by atoms with van der Waals surface area (Å²) in [6.07, 6.45) is 1.27. The average molecular weight is 207 g/mol. The molecule has 0 aliphatic rings. The lowest BCUT2D eigenvalue weighted by atomic mass is 10.0. The van der Waals surface area contributed by atoms with E-state index in [1.807, 2.05) is 6.92 Å². The molecule has 80 valence electrons. The van der Waals surface area contributed by atoms with Crippen molar-refractivity contribution in [2.45, 2.75) is 26.7 Å². The van der Waals surface area contributed by atoms with Crippen LogP contribution in [0.5, 0.6) is 0 Å². The molecule has 1 aromatic carbocycles. The summed E-state index contributed by atoms with van der Waals surface area (Å²) >= 11 is 0. The molecule has 1 aromatic rings. The minimum absolute atomic E-state index is 0.0283. The zero-order valence-electron chi connectivity index (χ0n) is 8.82. The fourth-order valence-electron chi connectivity index (χ4n) is 1.44. The molecule has 15 heavy (non-hydrogen) atoms. The molecule has 0 bridgehead atoms. The van der Waals surface area contributed by atoms with E-state index in [0.29, 0.717) is 17.5 Å². The first-order chi connectivity index (χ1) is 7.06. The third kappa shape index (κ3) is 2.62. The number of benzene rings is 1. The minimum atomic E-state index is -0.457. The fraction of sp³-hybridized carbons (Fsp3) is 0.364. The Kier molecular flexibility index (Phi) is 3.55. The number of nitro benzene ring substituents is 1. The van der Waals surface area contributed by atoms with Crippen LogP contribution in [-0.4, -0.2) is 10.7 Å². The molecule has 0 spiro atoms. The molecule has 4 nitrogen and oxygen atoms in total. The maximum atomic E-state index is 11.6. The summed E-state index contributed by atoms with van der Waals surface area (Å²) in [5.74, 6) is 0.0462. The largest absolute Gasteiger partial charge is 0.294 e. The summed E-state index contributed by atoms with van der Waals surface area (Å²) in [4.78, 5) is 21.6. The number of carbonyl (C=O) groups is 1. The second-order valence-corrected chi connectivity index (χ2v) is 3.43. The SMILES string of the molecule is CCCC(=O)c1ccc([N+](=O)[O-])cc1C. The van der Waals surface area contributed by atoms with Crippen LogP contribution >= 0.6 is 0 Å². The highest BCUT2D eigenvalue weighted by atomic mass is 16.6. The number of rotatable bonds is 4. The smallest absolute Gasteiger partial charge is 0.269 e. The summed E-state index contributed by atoms with van der Waals surface area (Å²) in [6, 6.07) is 4.34. The van der Waals surface area contributed by atoms with Crippen molar-refractivity contribution >= 4 is 11.5 Å². The number of hydrogen-bond donors (Lipinski definition) is 0. The summed E-state index contributed by atoms with van der Waals surface area (Å²) < 4.78 is 0. The molecule has 0 atom stereocenters. The Morgan fingerprint density at radius 3 is 2.60 bits per heavy atom. The van der Waals surface area contributed by atoms with Crippen molar-refractivity contribution in [1.29, 1.82) is 0 Å². The van der Waals surface area contributed by atoms with Crippen molar-refractivity contribution in [2.75, 3.05) is 0 Å². The molecule has 0 radical (unpaired) electrons. The van der Waals surface area contributed by atoms with Crippen LogP contribution in [0, 0.1) is 17.0 Å². The van der Waals surface area contributed by atoms with Crippen molar-refractivity contribution in [1.82, 2.24) is 0 Å². The molecular weight excluding hydrogens is 194 g/mol. The standard InChI is InChI=1S/C11H13NO3/c1-3-4-11(13)10-6-5-9(12(14)15)7-8(10)2/h5-7H,3-4H2,1-2H3. The highest BCUT2D eigenvalue weighted by molar-refractivity contribution is 5.97. The van der Waals surface area contributed by atoms with E-state index in [4.69, 9.17) is 0 Å². The molecule has 0 aliphatic carbocycles. The fourth-order valence-corrected chi connectivity index (χ4v) is 1.44. The van der Waals surface area contributed by atoms with Crippen LogP contribution < -0.4 is 0 Å². The van der Waals surface area contributed by atoms with E-state index in [9.17, 15) is 14.9 Å². The van der Waals surface area contributed by atoms with E-state index in [1.54, 1.807) is 6.92 Å². The highest BCUT2D eigenvalue weighted by Gasteiger charge is 2.12. The summed E-state index contributed by atoms with van der Waals surface area (Å²) in [7, 11) is 0. The first-order valence-electron chi connectivity index (χ1n) is 4.84. The Balaban J connectivity index is 3.03. The topological polar surface area (TPSA) is 60.2 Å². The molecule has 4 heteroatoms. The average Bonchev–Trinajstić information content (AvgIpc) is 2.17. The molecule has 0 fully saturated rings. The zero-order valence-corrected chi connectivity index (χ0v) is 8.82. The summed E-state index contributed by atoms with van der Waals surface area (Å²) in [5.41, 5.74) is 1.28. The molecular formula is C11H13NO3. The second-order valence-electron chi connectivity index (χ2n) is 3.43. The molecule has 0 saturated heterocycles. The number of non-ortho nitro benzene ring substituents is 1. The number of aryl methyl sites for hydroxylation is 1. The Hall–Kier alpha value is -1.71. The van der Waals surface area contributed by atoms with Crippen LogP contribution in [0.25, 0.3) is 0 Å². The Morgan fingerprint density at radius 2 is 2.13 bits per heavy atom. The quantitative estimate of drug-likeness (QED) is 0.433. The van der Waals surface area contributed by atoms with E-state index in [2.05, 4.69) is 0 Å². The van der Waals surface area contributed by atoms with Gasteiger partial charge < -0.3 is 0 Å². The van der Waals surface area contributed by atoms with Gasteiger partial charge in [0.15, 0.2) is 5.78 Å². The van der Waals surface area contributed by atoms with Gasteiger partial charge in [-0.2, -0.15) is 0 Å². The number of carbonyl (C=O) groups excluding carboxylic acids is 1. The first kappa shape index (κ1) is 11.4. The van der Waals surface area contributed by atoms with Crippen molar-refractivity contribution < 1.29 is 9.72 Å². The summed E-state index contributed by atoms with van der Waals surface area (Å²) in [5, 5.41) is 10.5. The van der Waals surface area contributed by atoms with Crippen LogP contribution in [0.15, 0.2) is 18.2 Å².